The van der Waals surface area contributed by atoms with Crippen LogP contribution < -0.4 is 25.0 Å². The van der Waals surface area contributed by atoms with E-state index in [1.54, 1.807) is 36.3 Å². The van der Waals surface area contributed by atoms with Gasteiger partial charge in [-0.05, 0) is 49.2 Å². The highest BCUT2D eigenvalue weighted by atomic mass is 16.5. The molecule has 0 saturated carbocycles. The Morgan fingerprint density at radius 2 is 1.93 bits per heavy atom. The monoisotopic (exact) mass is 369 g/mol. The third kappa shape index (κ3) is 3.81. The summed E-state index contributed by atoms with van der Waals surface area (Å²) in [6.45, 7) is 2.59. The number of nitrogens with one attached hydrogen (secondary N) is 2. The fraction of sp³-hybridized carbons (Fsp3) is 0.300. The zero-order chi connectivity index (χ0) is 19.4. The van der Waals surface area contributed by atoms with Gasteiger partial charge >= 0.3 is 6.03 Å². The van der Waals surface area contributed by atoms with Crippen LogP contribution in [-0.4, -0.2) is 32.7 Å². The number of rotatable bonds is 5. The number of nitrogens with zero attached hydrogens (tertiary/aromatic N) is 1. The first-order chi connectivity index (χ1) is 13.1. The molecule has 1 aliphatic rings. The Balaban J connectivity index is 1.75. The molecule has 2 aromatic carbocycles. The maximum Gasteiger partial charge on any atom is 0.323 e. The van der Waals surface area contributed by atoms with Gasteiger partial charge in [0.1, 0.15) is 0 Å². The van der Waals surface area contributed by atoms with Gasteiger partial charge in [0.25, 0.3) is 0 Å². The average Bonchev–Trinajstić information content (AvgIpc) is 2.67. The standard InChI is InChI=1S/C20H23N3O4/c1-4-23-16-10-9-14(12-13(16)8-11-18(23)24)21-20(25)22-15-6-5-7-17(26-2)19(15)27-3/h5-7,9-10,12H,4,8,11H2,1-3H3,(H2,21,22,25). The van der Waals surface area contributed by atoms with Crippen LogP contribution in [-0.2, 0) is 11.2 Å². The second kappa shape index (κ2) is 7.99. The summed E-state index contributed by atoms with van der Waals surface area (Å²) in [7, 11) is 3.06. The summed E-state index contributed by atoms with van der Waals surface area (Å²) in [6.07, 6.45) is 1.16. The molecule has 0 unspecified atom stereocenters. The molecule has 1 aliphatic heterocycles. The maximum absolute atomic E-state index is 12.4. The Labute approximate surface area is 158 Å². The minimum atomic E-state index is -0.388. The first-order valence-corrected chi connectivity index (χ1v) is 8.79. The van der Waals surface area contributed by atoms with Gasteiger partial charge < -0.3 is 25.0 Å². The first kappa shape index (κ1) is 18.6. The van der Waals surface area contributed by atoms with Crippen molar-refractivity contribution < 1.29 is 19.1 Å². The van der Waals surface area contributed by atoms with Gasteiger partial charge in [-0.2, -0.15) is 0 Å². The number of para-hydroxylation sites is 1. The summed E-state index contributed by atoms with van der Waals surface area (Å²) in [5.74, 6) is 1.12. The molecule has 0 fully saturated rings. The molecule has 3 amide bonds. The minimum Gasteiger partial charge on any atom is -0.493 e. The highest BCUT2D eigenvalue weighted by molar-refractivity contribution is 6.02. The van der Waals surface area contributed by atoms with Crippen molar-refractivity contribution in [3.05, 3.63) is 42.0 Å². The predicted octanol–water partition coefficient (Wildman–Crippen LogP) is 3.65. The van der Waals surface area contributed by atoms with Gasteiger partial charge in [0.15, 0.2) is 11.5 Å². The van der Waals surface area contributed by atoms with E-state index in [0.29, 0.717) is 42.3 Å². The fourth-order valence-corrected chi connectivity index (χ4v) is 3.25. The van der Waals surface area contributed by atoms with Crippen LogP contribution in [0.4, 0.5) is 21.9 Å². The minimum absolute atomic E-state index is 0.133. The highest BCUT2D eigenvalue weighted by Crippen LogP contribution is 2.35. The van der Waals surface area contributed by atoms with Gasteiger partial charge in [0, 0.05) is 24.3 Å². The maximum atomic E-state index is 12.4. The van der Waals surface area contributed by atoms with Crippen LogP contribution in [0.5, 0.6) is 11.5 Å². The van der Waals surface area contributed by atoms with E-state index >= 15 is 0 Å². The number of aryl methyl sites for hydroxylation is 1. The number of urea groups is 1. The Bertz CT molecular complexity index is 866. The molecule has 0 aliphatic carbocycles. The zero-order valence-electron chi connectivity index (χ0n) is 15.7. The van der Waals surface area contributed by atoms with E-state index in [1.807, 2.05) is 19.1 Å². The Hall–Kier alpha value is -3.22. The molecular formula is C20H23N3O4. The van der Waals surface area contributed by atoms with E-state index in [9.17, 15) is 9.59 Å². The molecule has 2 N–H and O–H groups in total. The number of hydrogen-bond donors (Lipinski definition) is 2. The number of anilines is 3. The van der Waals surface area contributed by atoms with Gasteiger partial charge in [-0.25, -0.2) is 4.79 Å². The van der Waals surface area contributed by atoms with Crippen LogP contribution in [0.3, 0.4) is 0 Å². The summed E-state index contributed by atoms with van der Waals surface area (Å²) >= 11 is 0. The molecule has 7 heteroatoms. The Morgan fingerprint density at radius 1 is 1.11 bits per heavy atom. The summed E-state index contributed by atoms with van der Waals surface area (Å²) in [5, 5.41) is 5.60. The lowest BCUT2D eigenvalue weighted by Crippen LogP contribution is -2.34. The number of benzene rings is 2. The van der Waals surface area contributed by atoms with Crippen LogP contribution in [0.25, 0.3) is 0 Å². The molecule has 2 aromatic rings. The molecule has 0 radical (unpaired) electrons. The molecule has 142 valence electrons. The summed E-state index contributed by atoms with van der Waals surface area (Å²) in [6, 6.07) is 10.4. The molecule has 0 atom stereocenters. The van der Waals surface area contributed by atoms with Crippen LogP contribution in [0.15, 0.2) is 36.4 Å². The quantitative estimate of drug-likeness (QED) is 0.843. The SMILES string of the molecule is CCN1C(=O)CCc2cc(NC(=O)Nc3cccc(OC)c3OC)ccc21. The average molecular weight is 369 g/mol. The van der Waals surface area contributed by atoms with Crippen LogP contribution >= 0.6 is 0 Å². The second-order valence-electron chi connectivity index (χ2n) is 6.10. The van der Waals surface area contributed by atoms with E-state index in [0.717, 1.165) is 11.3 Å². The highest BCUT2D eigenvalue weighted by Gasteiger charge is 2.23. The van der Waals surface area contributed by atoms with E-state index in [4.69, 9.17) is 9.47 Å². The van der Waals surface area contributed by atoms with Gasteiger partial charge in [0.05, 0.1) is 19.9 Å². The molecular weight excluding hydrogens is 346 g/mol. The second-order valence-corrected chi connectivity index (χ2v) is 6.10. The topological polar surface area (TPSA) is 79.9 Å². The normalized spacial score (nSPS) is 13.0. The molecule has 7 nitrogen and oxygen atoms in total. The van der Waals surface area contributed by atoms with Crippen molar-refractivity contribution in [1.82, 2.24) is 0 Å². The van der Waals surface area contributed by atoms with E-state index in [2.05, 4.69) is 10.6 Å². The first-order valence-electron chi connectivity index (χ1n) is 8.79. The molecule has 0 saturated heterocycles. The summed E-state index contributed by atoms with van der Waals surface area (Å²) in [4.78, 5) is 26.2. The number of fused-ring (bicyclic) bond motifs is 1. The molecule has 0 spiro atoms. The largest absolute Gasteiger partial charge is 0.493 e. The third-order valence-corrected chi connectivity index (χ3v) is 4.50. The van der Waals surface area contributed by atoms with E-state index < -0.39 is 0 Å². The molecule has 3 rings (SSSR count). The smallest absolute Gasteiger partial charge is 0.323 e. The molecule has 27 heavy (non-hydrogen) atoms. The van der Waals surface area contributed by atoms with Crippen LogP contribution in [0, 0.1) is 0 Å². The Kier molecular flexibility index (Phi) is 5.49. The lowest BCUT2D eigenvalue weighted by molar-refractivity contribution is -0.118. The predicted molar refractivity (Wildman–Crippen MR) is 105 cm³/mol. The molecule has 1 heterocycles. The number of carbonyl (C=O) groups excluding carboxylic acids is 2. The van der Waals surface area contributed by atoms with Gasteiger partial charge in [0.2, 0.25) is 5.91 Å². The Morgan fingerprint density at radius 3 is 2.63 bits per heavy atom. The summed E-state index contributed by atoms with van der Waals surface area (Å²) < 4.78 is 10.6. The number of methoxy groups -OCH3 is 2. The lowest BCUT2D eigenvalue weighted by Gasteiger charge is -2.28. The molecule has 0 aromatic heterocycles. The number of carbonyl (C=O) groups is 2. The van der Waals surface area contributed by atoms with Gasteiger partial charge in [-0.3, -0.25) is 4.79 Å². The van der Waals surface area contributed by atoms with Crippen molar-refractivity contribution in [2.75, 3.05) is 36.3 Å². The van der Waals surface area contributed by atoms with E-state index in [-0.39, 0.29) is 11.9 Å². The number of ether oxygens (including phenoxy) is 2. The van der Waals surface area contributed by atoms with E-state index in [1.165, 1.54) is 7.11 Å². The fourth-order valence-electron chi connectivity index (χ4n) is 3.25. The molecule has 0 bridgehead atoms. The third-order valence-electron chi connectivity index (χ3n) is 4.50. The van der Waals surface area contributed by atoms with Gasteiger partial charge in [-0.15, -0.1) is 0 Å². The van der Waals surface area contributed by atoms with Crippen molar-refractivity contribution >= 4 is 29.0 Å². The van der Waals surface area contributed by atoms with Crippen molar-refractivity contribution in [3.63, 3.8) is 0 Å². The zero-order valence-corrected chi connectivity index (χ0v) is 15.7. The van der Waals surface area contributed by atoms with Crippen molar-refractivity contribution in [1.29, 1.82) is 0 Å². The van der Waals surface area contributed by atoms with Crippen LogP contribution in [0.1, 0.15) is 18.9 Å². The number of amides is 3. The van der Waals surface area contributed by atoms with Crippen molar-refractivity contribution in [2.24, 2.45) is 0 Å². The lowest BCUT2D eigenvalue weighted by atomic mass is 10.0. The van der Waals surface area contributed by atoms with Crippen molar-refractivity contribution in [3.8, 4) is 11.5 Å². The van der Waals surface area contributed by atoms with Crippen LogP contribution in [0.2, 0.25) is 0 Å². The summed E-state index contributed by atoms with van der Waals surface area (Å²) in [5.41, 5.74) is 3.14. The van der Waals surface area contributed by atoms with Crippen molar-refractivity contribution in [2.45, 2.75) is 19.8 Å². The van der Waals surface area contributed by atoms with Gasteiger partial charge in [-0.1, -0.05) is 6.07 Å². The number of hydrogen-bond acceptors (Lipinski definition) is 4.